The fourth-order valence-electron chi connectivity index (χ4n) is 5.22. The second-order valence-corrected chi connectivity index (χ2v) is 10.1. The van der Waals surface area contributed by atoms with Crippen LogP contribution in [0, 0.1) is 11.8 Å². The fraction of sp³-hybridized carbons (Fsp3) is 0.640. The highest BCUT2D eigenvalue weighted by atomic mass is 19.4. The summed E-state index contributed by atoms with van der Waals surface area (Å²) in [5.41, 5.74) is 6.19. The Bertz CT molecular complexity index is 1030. The predicted molar refractivity (Wildman–Crippen MR) is 126 cm³/mol. The lowest BCUT2D eigenvalue weighted by atomic mass is 9.92. The van der Waals surface area contributed by atoms with Crippen LogP contribution in [0.5, 0.6) is 5.75 Å². The van der Waals surface area contributed by atoms with Gasteiger partial charge in [-0.3, -0.25) is 14.5 Å². The van der Waals surface area contributed by atoms with E-state index in [0.29, 0.717) is 31.4 Å². The molecular formula is C25H33F3N4O4. The summed E-state index contributed by atoms with van der Waals surface area (Å²) in [6, 6.07) is 5.21. The molecule has 1 aliphatic carbocycles. The summed E-state index contributed by atoms with van der Waals surface area (Å²) in [6.07, 6.45) is -5.12. The largest absolute Gasteiger partial charge is 0.480 e. The number of hydrogen-bond donors (Lipinski definition) is 2. The number of ether oxygens (including phenoxy) is 2. The van der Waals surface area contributed by atoms with Crippen molar-refractivity contribution < 1.29 is 32.2 Å². The summed E-state index contributed by atoms with van der Waals surface area (Å²) >= 11 is 0. The van der Waals surface area contributed by atoms with Gasteiger partial charge in [0.25, 0.3) is 0 Å². The molecule has 3 aliphatic rings. The third kappa shape index (κ3) is 5.30. The molecule has 4 rings (SSSR count). The summed E-state index contributed by atoms with van der Waals surface area (Å²) in [4.78, 5) is 32.3. The van der Waals surface area contributed by atoms with E-state index >= 15 is 0 Å². The average molecular weight is 511 g/mol. The van der Waals surface area contributed by atoms with Gasteiger partial charge in [0, 0.05) is 37.7 Å². The lowest BCUT2D eigenvalue weighted by Crippen LogP contribution is -2.56. The number of methoxy groups -OCH3 is 1. The first kappa shape index (κ1) is 26.2. The number of rotatable bonds is 8. The Morgan fingerprint density at radius 2 is 2.08 bits per heavy atom. The Kier molecular flexibility index (Phi) is 7.23. The number of nitrogens with one attached hydrogen (secondary N) is 1. The van der Waals surface area contributed by atoms with E-state index in [9.17, 15) is 22.8 Å². The van der Waals surface area contributed by atoms with E-state index in [0.717, 1.165) is 0 Å². The number of guanidine groups is 1. The van der Waals surface area contributed by atoms with Crippen molar-refractivity contribution in [2.45, 2.75) is 75.9 Å². The summed E-state index contributed by atoms with van der Waals surface area (Å²) < 4.78 is 50.7. The van der Waals surface area contributed by atoms with E-state index in [1.807, 2.05) is 13.8 Å². The molecule has 0 radical (unpaired) electrons. The van der Waals surface area contributed by atoms with Crippen molar-refractivity contribution in [1.82, 2.24) is 10.2 Å². The normalized spacial score (nSPS) is 30.7. The number of fused-ring (bicyclic) bond motifs is 1. The molecule has 0 bridgehead atoms. The zero-order chi connectivity index (χ0) is 26.3. The Morgan fingerprint density at radius 1 is 1.36 bits per heavy atom. The van der Waals surface area contributed by atoms with Gasteiger partial charge in [-0.15, -0.1) is 0 Å². The summed E-state index contributed by atoms with van der Waals surface area (Å²) in [6.45, 7) is 4.19. The van der Waals surface area contributed by atoms with Crippen LogP contribution in [0.25, 0.3) is 0 Å². The molecule has 1 fully saturated rings. The predicted octanol–water partition coefficient (Wildman–Crippen LogP) is 3.31. The number of para-hydroxylation sites is 1. The maximum Gasteiger partial charge on any atom is 0.425 e. The van der Waals surface area contributed by atoms with Gasteiger partial charge < -0.3 is 20.5 Å². The van der Waals surface area contributed by atoms with Crippen LogP contribution in [0.2, 0.25) is 0 Å². The van der Waals surface area contributed by atoms with Crippen molar-refractivity contribution in [2.24, 2.45) is 22.6 Å². The lowest BCUT2D eigenvalue weighted by Gasteiger charge is -2.39. The number of carbonyl (C=O) groups excluding carboxylic acids is 2. The number of benzene rings is 1. The first-order chi connectivity index (χ1) is 17.0. The topological polar surface area (TPSA) is 106 Å². The highest BCUT2D eigenvalue weighted by molar-refractivity contribution is 5.99. The van der Waals surface area contributed by atoms with E-state index < -0.39 is 36.2 Å². The molecule has 1 unspecified atom stereocenters. The number of aliphatic imine (C=N–C) groups is 1. The monoisotopic (exact) mass is 510 g/mol. The molecule has 0 aromatic heterocycles. The van der Waals surface area contributed by atoms with Crippen LogP contribution in [-0.2, 0) is 14.3 Å². The second kappa shape index (κ2) is 9.91. The SMILES string of the molecule is CC[C@@]1(C)CC(=O)N([C@H](CCOC)[C@H]2CC2C(=O)N[C@H]2C[C@@H](C(F)(F)F)Oc3ccccc32)C(N)=N1. The van der Waals surface area contributed by atoms with Crippen molar-refractivity contribution in [3.8, 4) is 5.75 Å². The molecule has 11 heteroatoms. The van der Waals surface area contributed by atoms with Crippen LogP contribution < -0.4 is 15.8 Å². The van der Waals surface area contributed by atoms with Crippen molar-refractivity contribution in [3.63, 3.8) is 0 Å². The van der Waals surface area contributed by atoms with Gasteiger partial charge in [-0.1, -0.05) is 25.1 Å². The smallest absolute Gasteiger partial charge is 0.425 e. The number of nitrogens with zero attached hydrogens (tertiary/aromatic N) is 2. The van der Waals surface area contributed by atoms with Gasteiger partial charge in [0.1, 0.15) is 5.75 Å². The third-order valence-electron chi connectivity index (χ3n) is 7.51. The Balaban J connectivity index is 1.50. The lowest BCUT2D eigenvalue weighted by molar-refractivity contribution is -0.201. The average Bonchev–Trinajstić information content (AvgIpc) is 3.61. The second-order valence-electron chi connectivity index (χ2n) is 10.1. The van der Waals surface area contributed by atoms with E-state index in [2.05, 4.69) is 10.3 Å². The highest BCUT2D eigenvalue weighted by Crippen LogP contribution is 2.47. The molecule has 3 N–H and O–H groups in total. The summed E-state index contributed by atoms with van der Waals surface area (Å²) in [5, 5.41) is 2.81. The van der Waals surface area contributed by atoms with Gasteiger partial charge >= 0.3 is 6.18 Å². The molecule has 0 saturated heterocycles. The molecule has 2 aliphatic heterocycles. The molecule has 2 amide bonds. The van der Waals surface area contributed by atoms with Crippen molar-refractivity contribution in [1.29, 1.82) is 0 Å². The van der Waals surface area contributed by atoms with E-state index in [1.54, 1.807) is 25.3 Å². The Hall–Kier alpha value is -2.82. The first-order valence-electron chi connectivity index (χ1n) is 12.3. The third-order valence-corrected chi connectivity index (χ3v) is 7.51. The summed E-state index contributed by atoms with van der Waals surface area (Å²) in [5.74, 6) is -0.893. The Morgan fingerprint density at radius 3 is 2.72 bits per heavy atom. The molecule has 36 heavy (non-hydrogen) atoms. The van der Waals surface area contributed by atoms with Crippen LogP contribution in [0.3, 0.4) is 0 Å². The van der Waals surface area contributed by atoms with Gasteiger partial charge in [-0.05, 0) is 38.2 Å². The number of carbonyl (C=O) groups is 2. The van der Waals surface area contributed by atoms with Crippen LogP contribution >= 0.6 is 0 Å². The molecule has 1 aromatic rings. The number of nitrogens with two attached hydrogens (primary N) is 1. The molecule has 198 valence electrons. The van der Waals surface area contributed by atoms with E-state index in [1.165, 1.54) is 11.0 Å². The van der Waals surface area contributed by atoms with Crippen LogP contribution in [-0.4, -0.2) is 60.3 Å². The van der Waals surface area contributed by atoms with Gasteiger partial charge in [0.2, 0.25) is 11.8 Å². The van der Waals surface area contributed by atoms with E-state index in [4.69, 9.17) is 15.2 Å². The molecule has 2 heterocycles. The molecule has 6 atom stereocenters. The molecule has 1 aromatic carbocycles. The summed E-state index contributed by atoms with van der Waals surface area (Å²) in [7, 11) is 1.55. The van der Waals surface area contributed by atoms with Gasteiger partial charge in [-0.25, -0.2) is 4.99 Å². The number of halogens is 3. The van der Waals surface area contributed by atoms with Crippen LogP contribution in [0.15, 0.2) is 29.3 Å². The standard InChI is InChI=1S/C25H33F3N4O4/c1-4-24(2)13-21(33)32(23(29)31-24)18(9-10-35-3)15-11-16(15)22(34)30-17-12-20(25(26,27)28)36-19-8-6-5-7-14(17)19/h5-8,15-18,20H,4,9-13H2,1-3H3,(H2,29,31)(H,30,34)/t15-,16?,17-,18+,20-,24-/m0/s1. The van der Waals surface area contributed by atoms with Gasteiger partial charge in [0.05, 0.1) is 18.0 Å². The van der Waals surface area contributed by atoms with Crippen molar-refractivity contribution in [2.75, 3.05) is 13.7 Å². The molecular weight excluding hydrogens is 477 g/mol. The minimum atomic E-state index is -4.55. The fourth-order valence-corrected chi connectivity index (χ4v) is 5.22. The van der Waals surface area contributed by atoms with Gasteiger partial charge in [0.15, 0.2) is 12.1 Å². The van der Waals surface area contributed by atoms with Crippen molar-refractivity contribution in [3.05, 3.63) is 29.8 Å². The molecule has 0 spiro atoms. The minimum Gasteiger partial charge on any atom is -0.480 e. The maximum atomic E-state index is 13.5. The highest BCUT2D eigenvalue weighted by Gasteiger charge is 2.53. The molecule has 1 saturated carbocycles. The number of alkyl halides is 3. The van der Waals surface area contributed by atoms with Crippen LogP contribution in [0.4, 0.5) is 13.2 Å². The zero-order valence-electron chi connectivity index (χ0n) is 20.7. The van der Waals surface area contributed by atoms with Crippen LogP contribution in [0.1, 0.15) is 57.6 Å². The first-order valence-corrected chi connectivity index (χ1v) is 12.3. The maximum absolute atomic E-state index is 13.5. The van der Waals surface area contributed by atoms with Gasteiger partial charge in [-0.2, -0.15) is 13.2 Å². The zero-order valence-corrected chi connectivity index (χ0v) is 20.7. The quantitative estimate of drug-likeness (QED) is 0.558. The van der Waals surface area contributed by atoms with Crippen molar-refractivity contribution >= 4 is 17.8 Å². The molecule has 8 nitrogen and oxygen atoms in total. The van der Waals surface area contributed by atoms with E-state index in [-0.39, 0.29) is 41.9 Å². The minimum absolute atomic E-state index is 0.114. The Labute approximate surface area is 208 Å². The number of hydrogen-bond acceptors (Lipinski definition) is 6. The number of amides is 2.